The van der Waals surface area contributed by atoms with Gasteiger partial charge in [-0.3, -0.25) is 9.79 Å². The number of rotatable bonds is 5. The minimum atomic E-state index is -0.0592. The first-order chi connectivity index (χ1) is 13.2. The number of nitrogens with zero attached hydrogens (tertiary/aromatic N) is 1. The first kappa shape index (κ1) is 17.1. The second kappa shape index (κ2) is 7.50. The molecule has 5 heteroatoms. The van der Waals surface area contributed by atoms with Crippen LogP contribution in [0.4, 0.5) is 5.69 Å². The van der Waals surface area contributed by atoms with Crippen molar-refractivity contribution >= 4 is 34.3 Å². The van der Waals surface area contributed by atoms with Crippen molar-refractivity contribution in [3.8, 4) is 5.75 Å². The number of nitrogens with one attached hydrogen (secondary N) is 2. The number of allylic oxidation sites excluding steroid dienone is 1. The van der Waals surface area contributed by atoms with E-state index >= 15 is 0 Å². The minimum absolute atomic E-state index is 0.0592. The summed E-state index contributed by atoms with van der Waals surface area (Å²) in [7, 11) is 1.64. The van der Waals surface area contributed by atoms with Crippen LogP contribution in [0.25, 0.3) is 16.5 Å². The largest absolute Gasteiger partial charge is 0.496 e. The molecular formula is C22H21N3O2. The number of hydrogen-bond donors (Lipinski definition) is 2. The van der Waals surface area contributed by atoms with Gasteiger partial charge in [0.15, 0.2) is 0 Å². The molecule has 0 aliphatic carbocycles. The molecule has 1 aliphatic rings. The van der Waals surface area contributed by atoms with Crippen LogP contribution in [-0.4, -0.2) is 24.2 Å². The zero-order chi connectivity index (χ0) is 18.6. The van der Waals surface area contributed by atoms with Crippen molar-refractivity contribution in [2.75, 3.05) is 12.4 Å². The molecule has 1 aliphatic heterocycles. The molecule has 2 aromatic carbocycles. The number of amides is 1. The minimum Gasteiger partial charge on any atom is -0.496 e. The molecule has 0 unspecified atom stereocenters. The molecule has 0 saturated heterocycles. The summed E-state index contributed by atoms with van der Waals surface area (Å²) in [6.45, 7) is 0. The van der Waals surface area contributed by atoms with E-state index in [4.69, 9.17) is 4.74 Å². The highest BCUT2D eigenvalue weighted by Gasteiger charge is 2.13. The Kier molecular flexibility index (Phi) is 4.75. The number of H-pyrrole nitrogens is 1. The maximum Gasteiger partial charge on any atom is 0.228 e. The van der Waals surface area contributed by atoms with Crippen LogP contribution in [0.15, 0.2) is 59.9 Å². The lowest BCUT2D eigenvalue weighted by atomic mass is 9.99. The van der Waals surface area contributed by atoms with E-state index in [9.17, 15) is 4.79 Å². The Morgan fingerprint density at radius 3 is 2.96 bits per heavy atom. The topological polar surface area (TPSA) is 66.5 Å². The Balaban J connectivity index is 1.51. The second-order valence-corrected chi connectivity index (χ2v) is 6.52. The first-order valence-electron chi connectivity index (χ1n) is 8.98. The lowest BCUT2D eigenvalue weighted by molar-refractivity contribution is -0.115. The molecule has 136 valence electrons. The summed E-state index contributed by atoms with van der Waals surface area (Å²) in [6, 6.07) is 13.7. The molecule has 27 heavy (non-hydrogen) atoms. The van der Waals surface area contributed by atoms with Gasteiger partial charge in [0.25, 0.3) is 0 Å². The predicted molar refractivity (Wildman–Crippen MR) is 109 cm³/mol. The van der Waals surface area contributed by atoms with E-state index < -0.39 is 0 Å². The van der Waals surface area contributed by atoms with Crippen LogP contribution in [-0.2, 0) is 11.2 Å². The number of hydrogen-bond acceptors (Lipinski definition) is 3. The van der Waals surface area contributed by atoms with Gasteiger partial charge in [-0.1, -0.05) is 18.2 Å². The zero-order valence-electron chi connectivity index (χ0n) is 15.2. The number of benzene rings is 2. The molecule has 0 bridgehead atoms. The molecule has 2 N–H and O–H groups in total. The van der Waals surface area contributed by atoms with Gasteiger partial charge in [-0.2, -0.15) is 0 Å². The predicted octanol–water partition coefficient (Wildman–Crippen LogP) is 4.56. The first-order valence-corrected chi connectivity index (χ1v) is 8.98. The molecule has 0 spiro atoms. The van der Waals surface area contributed by atoms with Crippen LogP contribution in [0.5, 0.6) is 5.75 Å². The van der Waals surface area contributed by atoms with Crippen LogP contribution in [0.1, 0.15) is 24.0 Å². The van der Waals surface area contributed by atoms with Crippen LogP contribution in [0, 0.1) is 0 Å². The van der Waals surface area contributed by atoms with E-state index in [2.05, 4.69) is 15.3 Å². The summed E-state index contributed by atoms with van der Waals surface area (Å²) in [4.78, 5) is 19.9. The number of carbonyl (C=O) groups is 1. The molecular weight excluding hydrogens is 338 g/mol. The summed E-state index contributed by atoms with van der Waals surface area (Å²) in [5, 5.41) is 4.04. The molecule has 3 aromatic rings. The van der Waals surface area contributed by atoms with E-state index in [0.717, 1.165) is 51.9 Å². The highest BCUT2D eigenvalue weighted by Crippen LogP contribution is 2.32. The van der Waals surface area contributed by atoms with Gasteiger partial charge < -0.3 is 15.0 Å². The van der Waals surface area contributed by atoms with Gasteiger partial charge in [0.1, 0.15) is 5.75 Å². The lowest BCUT2D eigenvalue weighted by Gasteiger charge is -2.15. The summed E-state index contributed by atoms with van der Waals surface area (Å²) in [5.74, 6) is 0.680. The Morgan fingerprint density at radius 1 is 1.26 bits per heavy atom. The van der Waals surface area contributed by atoms with Crippen molar-refractivity contribution in [3.63, 3.8) is 0 Å². The number of aliphatic imine (C=N–C) groups is 1. The SMILES string of the molecule is COc1cc(NC(=O)Cc2c[nH]c3ccccc23)ccc1C1=CN=CCC1. The maximum atomic E-state index is 12.5. The monoisotopic (exact) mass is 359 g/mol. The van der Waals surface area contributed by atoms with E-state index in [0.29, 0.717) is 6.42 Å². The summed E-state index contributed by atoms with van der Waals surface area (Å²) < 4.78 is 5.54. The standard InChI is InChI=1S/C22H21N3O2/c1-27-21-12-17(8-9-19(21)15-5-4-10-23-13-15)25-22(26)11-16-14-24-20-7-3-2-6-18(16)20/h2-3,6-10,12-14,24H,4-5,11H2,1H3,(H,25,26). The van der Waals surface area contributed by atoms with Crippen LogP contribution in [0.2, 0.25) is 0 Å². The van der Waals surface area contributed by atoms with E-state index in [1.54, 1.807) is 7.11 Å². The molecule has 4 rings (SSSR count). The molecule has 1 aromatic heterocycles. The molecule has 0 fully saturated rings. The quantitative estimate of drug-likeness (QED) is 0.701. The van der Waals surface area contributed by atoms with Crippen molar-refractivity contribution in [1.82, 2.24) is 4.98 Å². The van der Waals surface area contributed by atoms with Gasteiger partial charge in [0.2, 0.25) is 5.91 Å². The number of para-hydroxylation sites is 1. The van der Waals surface area contributed by atoms with Crippen molar-refractivity contribution in [2.45, 2.75) is 19.3 Å². The van der Waals surface area contributed by atoms with Crippen molar-refractivity contribution in [2.24, 2.45) is 4.99 Å². The third-order valence-electron chi connectivity index (χ3n) is 4.74. The number of ether oxygens (including phenoxy) is 1. The third kappa shape index (κ3) is 3.62. The molecule has 5 nitrogen and oxygen atoms in total. The highest BCUT2D eigenvalue weighted by molar-refractivity contribution is 5.96. The van der Waals surface area contributed by atoms with Crippen LogP contribution in [0.3, 0.4) is 0 Å². The number of carbonyl (C=O) groups excluding carboxylic acids is 1. The fraction of sp³-hybridized carbons (Fsp3) is 0.182. The summed E-state index contributed by atoms with van der Waals surface area (Å²) >= 11 is 0. The van der Waals surface area contributed by atoms with Crippen LogP contribution >= 0.6 is 0 Å². The molecule has 1 amide bonds. The third-order valence-corrected chi connectivity index (χ3v) is 4.74. The van der Waals surface area contributed by atoms with Gasteiger partial charge in [0.05, 0.1) is 13.5 Å². The average Bonchev–Trinajstić information content (AvgIpc) is 3.11. The number of anilines is 1. The van der Waals surface area contributed by atoms with E-state index in [1.165, 1.54) is 0 Å². The smallest absolute Gasteiger partial charge is 0.228 e. The van der Waals surface area contributed by atoms with Crippen molar-refractivity contribution < 1.29 is 9.53 Å². The Morgan fingerprint density at radius 2 is 2.15 bits per heavy atom. The lowest BCUT2D eigenvalue weighted by Crippen LogP contribution is -2.14. The number of aromatic nitrogens is 1. The molecule has 0 radical (unpaired) electrons. The second-order valence-electron chi connectivity index (χ2n) is 6.52. The zero-order valence-corrected chi connectivity index (χ0v) is 15.2. The summed E-state index contributed by atoms with van der Waals surface area (Å²) in [6.07, 6.45) is 7.86. The number of fused-ring (bicyclic) bond motifs is 1. The Bertz CT molecular complexity index is 1050. The number of aromatic amines is 1. The highest BCUT2D eigenvalue weighted by atomic mass is 16.5. The molecule has 2 heterocycles. The summed E-state index contributed by atoms with van der Waals surface area (Å²) in [5.41, 5.74) is 4.90. The fourth-order valence-corrected chi connectivity index (χ4v) is 3.40. The van der Waals surface area contributed by atoms with Crippen molar-refractivity contribution in [1.29, 1.82) is 0 Å². The number of methoxy groups -OCH3 is 1. The normalized spacial score (nSPS) is 13.4. The van der Waals surface area contributed by atoms with E-state index in [-0.39, 0.29) is 5.91 Å². The van der Waals surface area contributed by atoms with Crippen LogP contribution < -0.4 is 10.1 Å². The van der Waals surface area contributed by atoms with Crippen molar-refractivity contribution in [3.05, 3.63) is 66.0 Å². The average molecular weight is 359 g/mol. The van der Waals surface area contributed by atoms with Gasteiger partial charge in [0, 0.05) is 46.8 Å². The Labute approximate surface area is 157 Å². The van der Waals surface area contributed by atoms with Gasteiger partial charge in [-0.15, -0.1) is 0 Å². The van der Waals surface area contributed by atoms with Gasteiger partial charge in [-0.05, 0) is 42.2 Å². The van der Waals surface area contributed by atoms with Gasteiger partial charge >= 0.3 is 0 Å². The molecule has 0 atom stereocenters. The van der Waals surface area contributed by atoms with Gasteiger partial charge in [-0.25, -0.2) is 0 Å². The van der Waals surface area contributed by atoms with E-state index in [1.807, 2.05) is 61.1 Å². The Hall–Kier alpha value is -3.34. The fourth-order valence-electron chi connectivity index (χ4n) is 3.40. The molecule has 0 saturated carbocycles. The maximum absolute atomic E-state index is 12.5.